The summed E-state index contributed by atoms with van der Waals surface area (Å²) in [7, 11) is 0. The zero-order chi connectivity index (χ0) is 15.3. The molecular formula is C12H17NO7. The van der Waals surface area contributed by atoms with Gasteiger partial charge in [-0.1, -0.05) is 0 Å². The predicted octanol–water partition coefficient (Wildman–Crippen LogP) is -0.0481. The molecule has 0 bridgehead atoms. The van der Waals surface area contributed by atoms with Crippen LogP contribution in [0.15, 0.2) is 0 Å². The Morgan fingerprint density at radius 3 is 2.25 bits per heavy atom. The molecule has 0 saturated carbocycles. The molecule has 1 aliphatic rings. The SMILES string of the molecule is CCOCC(=O)OC(C)(C)C(=O)ON1C(=O)CCC1=O. The van der Waals surface area contributed by atoms with Crippen LogP contribution in [0.5, 0.6) is 0 Å². The zero-order valence-corrected chi connectivity index (χ0v) is 11.6. The van der Waals surface area contributed by atoms with Crippen LogP contribution < -0.4 is 0 Å². The summed E-state index contributed by atoms with van der Waals surface area (Å²) in [6, 6.07) is 0. The van der Waals surface area contributed by atoms with E-state index in [-0.39, 0.29) is 19.4 Å². The van der Waals surface area contributed by atoms with Crippen molar-refractivity contribution in [1.29, 1.82) is 0 Å². The van der Waals surface area contributed by atoms with E-state index in [9.17, 15) is 19.2 Å². The van der Waals surface area contributed by atoms with Gasteiger partial charge in [0.15, 0.2) is 0 Å². The van der Waals surface area contributed by atoms with Gasteiger partial charge in [0, 0.05) is 19.4 Å². The van der Waals surface area contributed by atoms with Gasteiger partial charge in [-0.05, 0) is 20.8 Å². The van der Waals surface area contributed by atoms with E-state index < -0.39 is 29.4 Å². The Bertz CT molecular complexity index is 414. The summed E-state index contributed by atoms with van der Waals surface area (Å²) in [5.41, 5.74) is -1.63. The van der Waals surface area contributed by atoms with Crippen molar-refractivity contribution >= 4 is 23.8 Å². The van der Waals surface area contributed by atoms with E-state index >= 15 is 0 Å². The van der Waals surface area contributed by atoms with Crippen LogP contribution in [-0.4, -0.2) is 47.6 Å². The fraction of sp³-hybridized carbons (Fsp3) is 0.667. The van der Waals surface area contributed by atoms with Crippen LogP contribution >= 0.6 is 0 Å². The molecule has 1 heterocycles. The number of hydrogen-bond donors (Lipinski definition) is 0. The minimum atomic E-state index is -1.63. The second-order valence-corrected chi connectivity index (χ2v) is 4.58. The summed E-state index contributed by atoms with van der Waals surface area (Å²) < 4.78 is 9.74. The van der Waals surface area contributed by atoms with E-state index in [4.69, 9.17) is 9.47 Å². The first-order valence-electron chi connectivity index (χ1n) is 6.15. The van der Waals surface area contributed by atoms with Crippen molar-refractivity contribution in [2.45, 2.75) is 39.2 Å². The van der Waals surface area contributed by atoms with Crippen molar-refractivity contribution in [3.63, 3.8) is 0 Å². The number of hydrogen-bond acceptors (Lipinski definition) is 7. The molecule has 0 aromatic rings. The maximum atomic E-state index is 11.8. The lowest BCUT2D eigenvalue weighted by molar-refractivity contribution is -0.213. The highest BCUT2D eigenvalue weighted by Crippen LogP contribution is 2.17. The van der Waals surface area contributed by atoms with E-state index in [0.717, 1.165) is 0 Å². The average Bonchev–Trinajstić information content (AvgIpc) is 2.67. The normalized spacial score (nSPS) is 15.4. The van der Waals surface area contributed by atoms with E-state index in [1.54, 1.807) is 6.92 Å². The molecule has 1 aliphatic heterocycles. The van der Waals surface area contributed by atoms with E-state index in [1.165, 1.54) is 13.8 Å². The average molecular weight is 287 g/mol. The fourth-order valence-corrected chi connectivity index (χ4v) is 1.39. The first kappa shape index (κ1) is 16.1. The van der Waals surface area contributed by atoms with Crippen molar-refractivity contribution in [2.75, 3.05) is 13.2 Å². The lowest BCUT2D eigenvalue weighted by Crippen LogP contribution is -2.44. The highest BCUT2D eigenvalue weighted by atomic mass is 16.7. The summed E-state index contributed by atoms with van der Waals surface area (Å²) in [6.07, 6.45) is -0.00661. The van der Waals surface area contributed by atoms with Crippen LogP contribution in [0, 0.1) is 0 Å². The Kier molecular flexibility index (Phi) is 5.20. The lowest BCUT2D eigenvalue weighted by atomic mass is 10.1. The van der Waals surface area contributed by atoms with Gasteiger partial charge in [-0.15, -0.1) is 5.06 Å². The van der Waals surface area contributed by atoms with Gasteiger partial charge in [0.05, 0.1) is 0 Å². The predicted molar refractivity (Wildman–Crippen MR) is 63.8 cm³/mol. The highest BCUT2D eigenvalue weighted by Gasteiger charge is 2.40. The molecule has 8 heteroatoms. The van der Waals surface area contributed by atoms with Gasteiger partial charge in [-0.2, -0.15) is 0 Å². The Hall–Kier alpha value is -1.96. The molecule has 0 unspecified atom stereocenters. The van der Waals surface area contributed by atoms with Crippen LogP contribution in [0.3, 0.4) is 0 Å². The molecule has 2 amide bonds. The molecule has 1 saturated heterocycles. The van der Waals surface area contributed by atoms with E-state index in [1.807, 2.05) is 0 Å². The Labute approximate surface area is 115 Å². The Morgan fingerprint density at radius 1 is 1.20 bits per heavy atom. The van der Waals surface area contributed by atoms with Crippen LogP contribution in [-0.2, 0) is 33.5 Å². The summed E-state index contributed by atoms with van der Waals surface area (Å²) in [5, 5.41) is 0.403. The van der Waals surface area contributed by atoms with Crippen LogP contribution in [0.4, 0.5) is 0 Å². The number of nitrogens with zero attached hydrogens (tertiary/aromatic N) is 1. The third-order valence-electron chi connectivity index (χ3n) is 2.46. The Morgan fingerprint density at radius 2 is 1.75 bits per heavy atom. The fourth-order valence-electron chi connectivity index (χ4n) is 1.39. The number of carbonyl (C=O) groups is 4. The molecule has 112 valence electrons. The number of carbonyl (C=O) groups excluding carboxylic acids is 4. The number of esters is 1. The number of amides is 2. The third kappa shape index (κ3) is 4.02. The number of imide groups is 1. The van der Waals surface area contributed by atoms with Gasteiger partial charge in [0.1, 0.15) is 6.61 Å². The number of ether oxygens (including phenoxy) is 2. The number of hydroxylamine groups is 2. The lowest BCUT2D eigenvalue weighted by Gasteiger charge is -2.24. The first-order valence-corrected chi connectivity index (χ1v) is 6.15. The molecule has 20 heavy (non-hydrogen) atoms. The first-order chi connectivity index (χ1) is 9.27. The minimum absolute atomic E-state index is 0.00330. The van der Waals surface area contributed by atoms with Gasteiger partial charge in [0.2, 0.25) is 5.60 Å². The summed E-state index contributed by atoms with van der Waals surface area (Å²) in [5.74, 6) is -2.95. The van der Waals surface area contributed by atoms with Crippen LogP contribution in [0.2, 0.25) is 0 Å². The van der Waals surface area contributed by atoms with E-state index in [0.29, 0.717) is 11.7 Å². The van der Waals surface area contributed by atoms with Crippen molar-refractivity contribution in [3.05, 3.63) is 0 Å². The summed E-state index contributed by atoms with van der Waals surface area (Å²) in [6.45, 7) is 4.33. The number of rotatable bonds is 6. The topological polar surface area (TPSA) is 99.2 Å². The molecule has 1 fully saturated rings. The van der Waals surface area contributed by atoms with Crippen LogP contribution in [0.25, 0.3) is 0 Å². The largest absolute Gasteiger partial charge is 0.446 e. The van der Waals surface area contributed by atoms with Crippen molar-refractivity contribution < 1.29 is 33.5 Å². The third-order valence-corrected chi connectivity index (χ3v) is 2.46. The minimum Gasteiger partial charge on any atom is -0.446 e. The highest BCUT2D eigenvalue weighted by molar-refractivity contribution is 6.02. The second kappa shape index (κ2) is 6.47. The standard InChI is InChI=1S/C12H17NO7/c1-4-18-7-10(16)19-12(2,3)11(17)20-13-8(14)5-6-9(13)15/h4-7H2,1-3H3. The van der Waals surface area contributed by atoms with E-state index in [2.05, 4.69) is 4.84 Å². The molecule has 0 atom stereocenters. The monoisotopic (exact) mass is 287 g/mol. The molecule has 0 aromatic carbocycles. The smallest absolute Gasteiger partial charge is 0.375 e. The van der Waals surface area contributed by atoms with Crippen molar-refractivity contribution in [1.82, 2.24) is 5.06 Å². The van der Waals surface area contributed by atoms with Crippen LogP contribution in [0.1, 0.15) is 33.6 Å². The maximum Gasteiger partial charge on any atom is 0.375 e. The van der Waals surface area contributed by atoms with Gasteiger partial charge < -0.3 is 14.3 Å². The van der Waals surface area contributed by atoms with Crippen molar-refractivity contribution in [2.24, 2.45) is 0 Å². The van der Waals surface area contributed by atoms with Crippen molar-refractivity contribution in [3.8, 4) is 0 Å². The summed E-state index contributed by atoms with van der Waals surface area (Å²) >= 11 is 0. The van der Waals surface area contributed by atoms with Gasteiger partial charge in [0.25, 0.3) is 11.8 Å². The quantitative estimate of drug-likeness (QED) is 0.499. The second-order valence-electron chi connectivity index (χ2n) is 4.58. The molecule has 8 nitrogen and oxygen atoms in total. The molecule has 0 radical (unpaired) electrons. The molecule has 1 rings (SSSR count). The molecular weight excluding hydrogens is 270 g/mol. The molecule has 0 spiro atoms. The Balaban J connectivity index is 2.58. The molecule has 0 N–H and O–H groups in total. The van der Waals surface area contributed by atoms with Gasteiger partial charge in [-0.25, -0.2) is 9.59 Å². The van der Waals surface area contributed by atoms with Gasteiger partial charge >= 0.3 is 11.9 Å². The van der Waals surface area contributed by atoms with Gasteiger partial charge in [-0.3, -0.25) is 9.59 Å². The molecule has 0 aromatic heterocycles. The summed E-state index contributed by atoms with van der Waals surface area (Å²) in [4.78, 5) is 50.5. The maximum absolute atomic E-state index is 11.8. The molecule has 0 aliphatic carbocycles. The zero-order valence-electron chi connectivity index (χ0n) is 11.6.